The third-order valence-corrected chi connectivity index (χ3v) is 6.91. The summed E-state index contributed by atoms with van der Waals surface area (Å²) in [6.07, 6.45) is 3.15. The second-order valence-electron chi connectivity index (χ2n) is 7.73. The summed E-state index contributed by atoms with van der Waals surface area (Å²) in [7, 11) is 0.440. The van der Waals surface area contributed by atoms with Gasteiger partial charge in [-0.3, -0.25) is 9.59 Å². The van der Waals surface area contributed by atoms with E-state index in [4.69, 9.17) is 9.84 Å². The molecule has 11 heteroatoms. The fraction of sp³-hybridized carbons (Fsp3) is 0.250. The van der Waals surface area contributed by atoms with Gasteiger partial charge in [-0.15, -0.1) is 0 Å². The van der Waals surface area contributed by atoms with Crippen LogP contribution in [0.4, 0.5) is 0 Å². The van der Waals surface area contributed by atoms with Gasteiger partial charge < -0.3 is 20.5 Å². The fourth-order valence-electron chi connectivity index (χ4n) is 3.37. The number of benzene rings is 2. The lowest BCUT2D eigenvalue weighted by molar-refractivity contribution is -0.117. The Morgan fingerprint density at radius 1 is 1.11 bits per heavy atom. The van der Waals surface area contributed by atoms with E-state index >= 15 is 0 Å². The van der Waals surface area contributed by atoms with Crippen molar-refractivity contribution >= 4 is 39.0 Å². The van der Waals surface area contributed by atoms with Gasteiger partial charge in [-0.1, -0.05) is 30.3 Å². The number of rotatable bonds is 10. The highest BCUT2D eigenvalue weighted by Crippen LogP contribution is 2.26. The molecule has 2 aromatic carbocycles. The molecule has 3 N–H and O–H groups in total. The van der Waals surface area contributed by atoms with Crippen molar-refractivity contribution in [1.29, 1.82) is 0 Å². The molecule has 10 nitrogen and oxygen atoms in total. The SMILES string of the molecule is COc1ccccc1C(=O)NC(=Cc1cn(S(=O)(=O)N(C)C)c2ccccc12)C(=O)NCCCO. The van der Waals surface area contributed by atoms with Crippen LogP contribution < -0.4 is 15.4 Å². The zero-order chi connectivity index (χ0) is 25.6. The molecule has 186 valence electrons. The quantitative estimate of drug-likeness (QED) is 0.286. The molecule has 0 aliphatic heterocycles. The van der Waals surface area contributed by atoms with Crippen LogP contribution in [0.15, 0.2) is 60.4 Å². The summed E-state index contributed by atoms with van der Waals surface area (Å²) in [4.78, 5) is 26.0. The minimum atomic E-state index is -3.84. The Hall–Kier alpha value is -3.67. The standard InChI is InChI=1S/C24H28N4O6S/c1-27(2)35(32,33)28-16-17(18-9-4-6-11-21(18)28)15-20(24(31)25-13-8-14-29)26-23(30)19-10-5-7-12-22(19)34-3/h4-7,9-12,15-16,29H,8,13-14H2,1-3H3,(H,25,31)(H,26,30). The minimum Gasteiger partial charge on any atom is -0.496 e. The number of nitrogens with zero attached hydrogens (tertiary/aromatic N) is 2. The minimum absolute atomic E-state index is 0.0935. The van der Waals surface area contributed by atoms with Crippen LogP contribution in [0.3, 0.4) is 0 Å². The molecule has 0 saturated carbocycles. The Kier molecular flexibility index (Phi) is 8.28. The van der Waals surface area contributed by atoms with Gasteiger partial charge in [0.15, 0.2) is 0 Å². The number of hydrogen-bond donors (Lipinski definition) is 3. The predicted molar refractivity (Wildman–Crippen MR) is 133 cm³/mol. The number of fused-ring (bicyclic) bond motifs is 1. The van der Waals surface area contributed by atoms with Crippen molar-refractivity contribution in [3.63, 3.8) is 0 Å². The summed E-state index contributed by atoms with van der Waals surface area (Å²) >= 11 is 0. The number of para-hydroxylation sites is 2. The number of aliphatic hydroxyl groups excluding tert-OH is 1. The van der Waals surface area contributed by atoms with Gasteiger partial charge in [0.2, 0.25) is 0 Å². The fourth-order valence-corrected chi connectivity index (χ4v) is 4.38. The van der Waals surface area contributed by atoms with E-state index < -0.39 is 22.0 Å². The highest BCUT2D eigenvalue weighted by Gasteiger charge is 2.22. The van der Waals surface area contributed by atoms with Crippen molar-refractivity contribution < 1.29 is 27.9 Å². The van der Waals surface area contributed by atoms with Crippen LogP contribution in [0.5, 0.6) is 5.75 Å². The van der Waals surface area contributed by atoms with E-state index in [-0.39, 0.29) is 24.4 Å². The first-order chi connectivity index (χ1) is 16.7. The molecule has 1 heterocycles. The molecule has 0 saturated heterocycles. The van der Waals surface area contributed by atoms with Crippen LogP contribution in [0.25, 0.3) is 17.0 Å². The Labute approximate surface area is 204 Å². The molecule has 0 atom stereocenters. The molecule has 0 radical (unpaired) electrons. The number of amides is 2. The van der Waals surface area contributed by atoms with Crippen LogP contribution in [0.1, 0.15) is 22.3 Å². The van der Waals surface area contributed by atoms with Gasteiger partial charge in [0.1, 0.15) is 11.4 Å². The highest BCUT2D eigenvalue weighted by atomic mass is 32.2. The molecule has 0 unspecified atom stereocenters. The number of carbonyl (C=O) groups excluding carboxylic acids is 2. The van der Waals surface area contributed by atoms with E-state index in [9.17, 15) is 18.0 Å². The smallest absolute Gasteiger partial charge is 0.307 e. The summed E-state index contributed by atoms with van der Waals surface area (Å²) in [5.74, 6) is -0.830. The monoisotopic (exact) mass is 500 g/mol. The third-order valence-electron chi connectivity index (χ3n) is 5.18. The Morgan fingerprint density at radius 3 is 2.49 bits per heavy atom. The van der Waals surface area contributed by atoms with Gasteiger partial charge in [0, 0.05) is 44.4 Å². The Morgan fingerprint density at radius 2 is 1.80 bits per heavy atom. The lowest BCUT2D eigenvalue weighted by atomic mass is 10.1. The van der Waals surface area contributed by atoms with Crippen molar-refractivity contribution in [2.45, 2.75) is 6.42 Å². The van der Waals surface area contributed by atoms with E-state index in [1.165, 1.54) is 33.5 Å². The molecule has 2 amide bonds. The lowest BCUT2D eigenvalue weighted by Crippen LogP contribution is -2.35. The summed E-state index contributed by atoms with van der Waals surface area (Å²) in [5.41, 5.74) is 0.966. The zero-order valence-corrected chi connectivity index (χ0v) is 20.5. The van der Waals surface area contributed by atoms with E-state index in [1.54, 1.807) is 48.5 Å². The number of hydrogen-bond acceptors (Lipinski definition) is 6. The van der Waals surface area contributed by atoms with E-state index in [2.05, 4.69) is 10.6 Å². The molecule has 0 aliphatic rings. The average Bonchev–Trinajstić information content (AvgIpc) is 3.22. The average molecular weight is 501 g/mol. The summed E-state index contributed by atoms with van der Waals surface area (Å²) in [6, 6.07) is 13.4. The van der Waals surface area contributed by atoms with Gasteiger partial charge in [-0.25, -0.2) is 3.97 Å². The van der Waals surface area contributed by atoms with Crippen LogP contribution >= 0.6 is 0 Å². The van der Waals surface area contributed by atoms with Gasteiger partial charge in [-0.05, 0) is 30.7 Å². The molecule has 3 rings (SSSR count). The number of carbonyl (C=O) groups is 2. The van der Waals surface area contributed by atoms with Crippen LogP contribution in [0.2, 0.25) is 0 Å². The topological polar surface area (TPSA) is 130 Å². The molecule has 35 heavy (non-hydrogen) atoms. The Bertz CT molecular complexity index is 1360. The maximum atomic E-state index is 13.0. The first-order valence-corrected chi connectivity index (χ1v) is 12.2. The second-order valence-corrected chi connectivity index (χ2v) is 9.75. The zero-order valence-electron chi connectivity index (χ0n) is 19.7. The maximum absolute atomic E-state index is 13.0. The number of methoxy groups -OCH3 is 1. The van der Waals surface area contributed by atoms with Crippen LogP contribution in [-0.4, -0.2) is 68.0 Å². The maximum Gasteiger partial charge on any atom is 0.307 e. The molecule has 0 aliphatic carbocycles. The van der Waals surface area contributed by atoms with Crippen molar-refractivity contribution in [3.8, 4) is 5.75 Å². The number of ether oxygens (including phenoxy) is 1. The van der Waals surface area contributed by atoms with Crippen molar-refractivity contribution in [2.24, 2.45) is 0 Å². The summed E-state index contributed by atoms with van der Waals surface area (Å²) in [5, 5.41) is 14.9. The number of aliphatic hydroxyl groups is 1. The first kappa shape index (κ1) is 25.9. The second kappa shape index (κ2) is 11.2. The van der Waals surface area contributed by atoms with Crippen molar-refractivity contribution in [1.82, 2.24) is 18.9 Å². The normalized spacial score (nSPS) is 12.1. The number of nitrogens with one attached hydrogen (secondary N) is 2. The van der Waals surface area contributed by atoms with E-state index in [0.717, 1.165) is 8.28 Å². The van der Waals surface area contributed by atoms with E-state index in [1.807, 2.05) is 0 Å². The third kappa shape index (κ3) is 5.70. The summed E-state index contributed by atoms with van der Waals surface area (Å²) in [6.45, 7) is 0.0801. The van der Waals surface area contributed by atoms with Gasteiger partial charge in [-0.2, -0.15) is 12.7 Å². The molecule has 0 bridgehead atoms. The van der Waals surface area contributed by atoms with Gasteiger partial charge in [0.05, 0.1) is 18.2 Å². The summed E-state index contributed by atoms with van der Waals surface area (Å²) < 4.78 is 33.2. The highest BCUT2D eigenvalue weighted by molar-refractivity contribution is 7.87. The lowest BCUT2D eigenvalue weighted by Gasteiger charge is -2.13. The van der Waals surface area contributed by atoms with E-state index in [0.29, 0.717) is 28.6 Å². The van der Waals surface area contributed by atoms with Crippen molar-refractivity contribution in [3.05, 3.63) is 71.6 Å². The largest absolute Gasteiger partial charge is 0.496 e. The molecule has 1 aromatic heterocycles. The molecule has 3 aromatic rings. The predicted octanol–water partition coefficient (Wildman–Crippen LogP) is 1.57. The number of aromatic nitrogens is 1. The molecule has 0 fully saturated rings. The van der Waals surface area contributed by atoms with Crippen molar-refractivity contribution in [2.75, 3.05) is 34.4 Å². The molecular formula is C24H28N4O6S. The molecular weight excluding hydrogens is 472 g/mol. The Balaban J connectivity index is 2.10. The first-order valence-electron chi connectivity index (χ1n) is 10.8. The van der Waals surface area contributed by atoms with Crippen LogP contribution in [-0.2, 0) is 15.0 Å². The van der Waals surface area contributed by atoms with Gasteiger partial charge >= 0.3 is 10.2 Å². The van der Waals surface area contributed by atoms with Crippen LogP contribution in [0, 0.1) is 0 Å². The molecule has 0 spiro atoms. The van der Waals surface area contributed by atoms with Gasteiger partial charge in [0.25, 0.3) is 11.8 Å².